The van der Waals surface area contributed by atoms with Crippen LogP contribution in [0.15, 0.2) is 189 Å². The number of hydrogen-bond acceptors (Lipinski definition) is 13. The van der Waals surface area contributed by atoms with Crippen LogP contribution >= 0.6 is 23.9 Å². The van der Waals surface area contributed by atoms with Gasteiger partial charge in [-0.1, -0.05) is 66.7 Å². The van der Waals surface area contributed by atoms with Crippen molar-refractivity contribution in [2.45, 2.75) is 0 Å². The molecule has 0 fully saturated rings. The third-order valence-electron chi connectivity index (χ3n) is 15.1. The van der Waals surface area contributed by atoms with Crippen LogP contribution in [0.25, 0.3) is 0 Å². The summed E-state index contributed by atoms with van der Waals surface area (Å²) >= 11 is 3.33. The first-order valence-corrected chi connectivity index (χ1v) is 27.3. The summed E-state index contributed by atoms with van der Waals surface area (Å²) in [5.41, 5.74) is 15.7. The Morgan fingerprint density at radius 2 is 0.842 bits per heavy atom. The van der Waals surface area contributed by atoms with Gasteiger partial charge in [0, 0.05) is 102 Å². The number of pyridine rings is 2. The summed E-state index contributed by atoms with van der Waals surface area (Å²) in [5.74, 6) is 8.58. The highest BCUT2D eigenvalue weighted by molar-refractivity contribution is 8.00. The fourth-order valence-electron chi connectivity index (χ4n) is 12.1. The molecule has 11 nitrogen and oxygen atoms in total. The van der Waals surface area contributed by atoms with Gasteiger partial charge in [0.2, 0.25) is 0 Å². The summed E-state index contributed by atoms with van der Waals surface area (Å²) in [5, 5.41) is 3.90. The van der Waals surface area contributed by atoms with E-state index in [1.54, 1.807) is 36.3 Å². The number of nitrogens with one attached hydrogen (secondary N) is 1. The van der Waals surface area contributed by atoms with Crippen molar-refractivity contribution in [1.82, 2.24) is 9.97 Å². The molecule has 10 aromatic rings. The lowest BCUT2D eigenvalue weighted by atomic mass is 9.29. The molecule has 16 rings (SSSR count). The van der Waals surface area contributed by atoms with Crippen LogP contribution in [0.2, 0.25) is 0 Å². The van der Waals surface area contributed by atoms with Crippen LogP contribution in [-0.4, -0.2) is 42.6 Å². The molecule has 0 atom stereocenters. The minimum absolute atomic E-state index is 0.195. The monoisotopic (exact) mass is 1020 g/mol. The average molecular weight is 1020 g/mol. The molecule has 8 aromatic carbocycles. The number of nitrogens with zero attached hydrogens (tertiary/aromatic N) is 4. The molecule has 76 heavy (non-hydrogen) atoms. The molecule has 2 aromatic heterocycles. The van der Waals surface area contributed by atoms with E-state index in [1.165, 1.54) is 10.9 Å². The third kappa shape index (κ3) is 6.63. The second-order valence-corrected chi connectivity index (χ2v) is 20.8. The lowest BCUT2D eigenvalue weighted by molar-refractivity contribution is 0.442. The average Bonchev–Trinajstić information content (AvgIpc) is 3.45. The Kier molecular flexibility index (Phi) is 9.65. The normalized spacial score (nSPS) is 13.8. The van der Waals surface area contributed by atoms with E-state index in [0.29, 0.717) is 23.0 Å². The van der Waals surface area contributed by atoms with Crippen molar-refractivity contribution in [2.24, 2.45) is 0 Å². The predicted octanol–water partition coefficient (Wildman–Crippen LogP) is 9.24. The van der Waals surface area contributed by atoms with E-state index in [4.69, 9.17) is 28.4 Å². The van der Waals surface area contributed by atoms with Crippen LogP contribution in [0.4, 0.5) is 34.1 Å². The number of anilines is 6. The van der Waals surface area contributed by atoms with Crippen molar-refractivity contribution < 1.29 is 28.4 Å². The molecule has 16 heteroatoms. The van der Waals surface area contributed by atoms with E-state index in [9.17, 15) is 0 Å². The van der Waals surface area contributed by atoms with Crippen LogP contribution < -0.4 is 91.5 Å². The molecule has 6 aliphatic rings. The van der Waals surface area contributed by atoms with Crippen LogP contribution in [0.1, 0.15) is 0 Å². The lowest BCUT2D eigenvalue weighted by Gasteiger charge is -2.44. The molecule has 0 saturated carbocycles. The second kappa shape index (κ2) is 16.8. The molecule has 6 aliphatic heterocycles. The molecule has 0 radical (unpaired) electrons. The van der Waals surface area contributed by atoms with E-state index in [0.717, 1.165) is 118 Å². The zero-order valence-electron chi connectivity index (χ0n) is 40.7. The van der Waals surface area contributed by atoms with Crippen LogP contribution in [0, 0.1) is 0 Å². The Balaban J connectivity index is 0.916. The zero-order valence-corrected chi connectivity index (χ0v) is 42.3. The van der Waals surface area contributed by atoms with E-state index in [2.05, 4.69) is 78.9 Å². The lowest BCUT2D eigenvalue weighted by Crippen LogP contribution is -2.65. The van der Waals surface area contributed by atoms with Crippen molar-refractivity contribution in [2.75, 3.05) is 26.4 Å². The number of fused-ring (bicyclic) bond motifs is 12. The molecule has 0 unspecified atom stereocenters. The third-order valence-corrected chi connectivity index (χ3v) is 16.6. The fourth-order valence-corrected chi connectivity index (χ4v) is 13.5. The van der Waals surface area contributed by atoms with Crippen molar-refractivity contribution in [3.8, 4) is 69.0 Å². The fraction of sp³-hybridized carbons (Fsp3) is 0.0333. The van der Waals surface area contributed by atoms with Gasteiger partial charge < -0.3 is 33.7 Å². The van der Waals surface area contributed by atoms with Crippen molar-refractivity contribution >= 4 is 127 Å². The largest absolute Gasteiger partial charge is 0.458 e. The van der Waals surface area contributed by atoms with E-state index in [-0.39, 0.29) is 20.1 Å². The minimum atomic E-state index is -0.247. The number of benzene rings is 8. The minimum Gasteiger partial charge on any atom is -0.458 e. The highest BCUT2D eigenvalue weighted by Crippen LogP contribution is 2.48. The smallest absolute Gasteiger partial charge is 0.262 e. The molecular formula is C60H38B3N5O6S2. The van der Waals surface area contributed by atoms with Gasteiger partial charge in [-0.3, -0.25) is 18.6 Å². The molecule has 0 spiro atoms. The Labute approximate surface area is 447 Å². The summed E-state index contributed by atoms with van der Waals surface area (Å²) in [6.07, 6.45) is 11.7. The highest BCUT2D eigenvalue weighted by Gasteiger charge is 2.49. The van der Waals surface area contributed by atoms with Crippen molar-refractivity contribution in [1.29, 1.82) is 0 Å². The highest BCUT2D eigenvalue weighted by atomic mass is 32.2. The number of rotatable bonds is 8. The summed E-state index contributed by atoms with van der Waals surface area (Å²) < 4.78 is 45.0. The van der Waals surface area contributed by atoms with E-state index >= 15 is 0 Å². The number of hydrogen-bond donors (Lipinski definition) is 1. The van der Waals surface area contributed by atoms with Crippen LogP contribution in [0.5, 0.6) is 69.0 Å². The molecule has 0 aliphatic carbocycles. The SMILES string of the molecule is CSN1c2cc3c(cc2B2c4cc5c(cc4N(SC)c4cc(Oc6ccccc6)cc1c42)Oc1cc(Oc2ccccc2)cc2c1B5c1cnccc1O2)B1c2cnccc2Oc2cc(Oc4ccccc4)cc(c21)N3. The summed E-state index contributed by atoms with van der Waals surface area (Å²) in [6, 6.07) is 55.3. The van der Waals surface area contributed by atoms with Crippen molar-refractivity contribution in [3.63, 3.8) is 0 Å². The van der Waals surface area contributed by atoms with E-state index in [1.807, 2.05) is 134 Å². The molecule has 1 N–H and O–H groups in total. The number of ether oxygens (including phenoxy) is 6. The summed E-state index contributed by atoms with van der Waals surface area (Å²) in [7, 11) is 0. The maximum Gasteiger partial charge on any atom is 0.262 e. The Morgan fingerprint density at radius 3 is 1.39 bits per heavy atom. The quantitative estimate of drug-likeness (QED) is 0.116. The van der Waals surface area contributed by atoms with Gasteiger partial charge in [-0.2, -0.15) is 0 Å². The van der Waals surface area contributed by atoms with Gasteiger partial charge in [-0.05, 0) is 122 Å². The van der Waals surface area contributed by atoms with Crippen molar-refractivity contribution in [3.05, 3.63) is 189 Å². The van der Waals surface area contributed by atoms with Gasteiger partial charge in [0.1, 0.15) is 69.0 Å². The van der Waals surface area contributed by atoms with Gasteiger partial charge in [-0.25, -0.2) is 0 Å². The number of aromatic nitrogens is 2. The summed E-state index contributed by atoms with van der Waals surface area (Å²) in [6.45, 7) is -0.669. The zero-order chi connectivity index (χ0) is 50.2. The van der Waals surface area contributed by atoms with Crippen LogP contribution in [0.3, 0.4) is 0 Å². The Hall–Kier alpha value is -8.85. The van der Waals surface area contributed by atoms with Gasteiger partial charge in [-0.15, -0.1) is 0 Å². The molecule has 0 saturated heterocycles. The summed E-state index contributed by atoms with van der Waals surface area (Å²) in [4.78, 5) is 9.35. The first kappa shape index (κ1) is 43.5. The first-order valence-electron chi connectivity index (χ1n) is 25.0. The molecule has 360 valence electrons. The van der Waals surface area contributed by atoms with Crippen LogP contribution in [-0.2, 0) is 0 Å². The molecule has 8 heterocycles. The maximum atomic E-state index is 7.12. The maximum absolute atomic E-state index is 7.12. The topological polar surface area (TPSA) is 99.7 Å². The van der Waals surface area contributed by atoms with Gasteiger partial charge in [0.05, 0.1) is 17.1 Å². The van der Waals surface area contributed by atoms with Gasteiger partial charge >= 0.3 is 0 Å². The van der Waals surface area contributed by atoms with Gasteiger partial charge in [0.25, 0.3) is 20.1 Å². The second-order valence-electron chi connectivity index (χ2n) is 19.3. The van der Waals surface area contributed by atoms with E-state index < -0.39 is 0 Å². The first-order chi connectivity index (χ1) is 37.5. The molecule has 0 amide bonds. The predicted molar refractivity (Wildman–Crippen MR) is 309 cm³/mol. The molecular weight excluding hydrogens is 983 g/mol. The van der Waals surface area contributed by atoms with Gasteiger partial charge in [0.15, 0.2) is 0 Å². The number of para-hydroxylation sites is 3. The molecule has 0 bridgehead atoms. The standard InChI is InChI=1S/C60H38B3N5O6S2/c1-75-67-48-30-46-40(61-44-32-64-20-18-52(44)72-55-25-37(22-47(66-46)58(55)61)69-34-12-6-3-7-13-34)28-41(48)62-42-29-43-54(31-49(42)68(76-2)51-24-38(23-50(67)59(51)62)70-35-14-8-4-9-15-35)74-57-27-39(71-36-16-10-5-11-17-36)26-56-60(57)63(43)45-33-65-21-19-53(45)73-56/h3-33,66H,1-2H3. The Morgan fingerprint density at radius 1 is 0.382 bits per heavy atom. The Bertz CT molecular complexity index is 3850.